The number of hydrogen-bond acceptors (Lipinski definition) is 6. The van der Waals surface area contributed by atoms with Crippen molar-refractivity contribution in [2.45, 2.75) is 50.8 Å². The van der Waals surface area contributed by atoms with Crippen LogP contribution in [0.2, 0.25) is 0 Å². The molecule has 0 aliphatic carbocycles. The van der Waals surface area contributed by atoms with Crippen molar-refractivity contribution in [3.63, 3.8) is 0 Å². The Labute approximate surface area is 202 Å². The van der Waals surface area contributed by atoms with Crippen LogP contribution in [-0.4, -0.2) is 64.5 Å². The summed E-state index contributed by atoms with van der Waals surface area (Å²) in [4.78, 5) is 14.8. The molecule has 2 atom stereocenters. The van der Waals surface area contributed by atoms with E-state index in [0.717, 1.165) is 21.2 Å². The number of methoxy groups -OCH3 is 3. The number of nitrogens with zero attached hydrogens (tertiary/aromatic N) is 1. The molecule has 2 aromatic carbocycles. The Morgan fingerprint density at radius 2 is 1.73 bits per heavy atom. The van der Waals surface area contributed by atoms with Crippen LogP contribution in [0.3, 0.4) is 0 Å². The van der Waals surface area contributed by atoms with E-state index in [9.17, 15) is 9.90 Å². The van der Waals surface area contributed by atoms with Crippen molar-refractivity contribution in [1.82, 2.24) is 4.90 Å². The fraction of sp³-hybridized carbons (Fsp3) is 0.480. The summed E-state index contributed by atoms with van der Waals surface area (Å²) in [5.41, 5.74) is 2.29. The van der Waals surface area contributed by atoms with Crippen LogP contribution >= 0.6 is 0 Å². The number of ether oxygens (including phenoxy) is 4. The molecule has 3 rings (SSSR count). The summed E-state index contributed by atoms with van der Waals surface area (Å²) in [5, 5.41) is 10.4. The summed E-state index contributed by atoms with van der Waals surface area (Å²) in [6.07, 6.45) is -0.347. The average Bonchev–Trinajstić information content (AvgIpc) is 2.76. The van der Waals surface area contributed by atoms with E-state index in [0.29, 0.717) is 30.2 Å². The van der Waals surface area contributed by atoms with Crippen molar-refractivity contribution in [1.29, 1.82) is 0 Å². The van der Waals surface area contributed by atoms with Crippen LogP contribution in [0.25, 0.3) is 0 Å². The van der Waals surface area contributed by atoms with Gasteiger partial charge in [-0.25, -0.2) is 0 Å². The molecule has 1 amide bonds. The van der Waals surface area contributed by atoms with E-state index in [2.05, 4.69) is 0 Å². The SMILES string of the molecule is COc1cc2c(cc1OC)[C@H]([Se]c1c(OC)cccc1[C@H](C)O)N(C(=O)OC(C)(C)C)CC2. The molecule has 0 unspecified atom stereocenters. The molecule has 0 spiro atoms. The van der Waals surface area contributed by atoms with Gasteiger partial charge in [-0.3, -0.25) is 0 Å². The zero-order valence-corrected chi connectivity index (χ0v) is 22.0. The molecule has 0 fully saturated rings. The summed E-state index contributed by atoms with van der Waals surface area (Å²) in [6, 6.07) is 9.60. The predicted molar refractivity (Wildman–Crippen MR) is 128 cm³/mol. The van der Waals surface area contributed by atoms with E-state index >= 15 is 0 Å². The molecule has 0 saturated carbocycles. The molecule has 0 radical (unpaired) electrons. The van der Waals surface area contributed by atoms with E-state index in [4.69, 9.17) is 18.9 Å². The zero-order chi connectivity index (χ0) is 24.3. The Hall–Kier alpha value is -2.41. The van der Waals surface area contributed by atoms with Crippen LogP contribution in [-0.2, 0) is 11.2 Å². The fourth-order valence-electron chi connectivity index (χ4n) is 3.80. The summed E-state index contributed by atoms with van der Waals surface area (Å²) >= 11 is -0.301. The predicted octanol–water partition coefficient (Wildman–Crippen LogP) is 3.59. The number of carbonyl (C=O) groups excluding carboxylic acids is 1. The molecule has 7 nitrogen and oxygen atoms in total. The maximum absolute atomic E-state index is 13.3. The minimum atomic E-state index is -0.666. The molecule has 0 bridgehead atoms. The normalized spacial score (nSPS) is 16.6. The molecule has 33 heavy (non-hydrogen) atoms. The van der Waals surface area contributed by atoms with Gasteiger partial charge < -0.3 is 0 Å². The van der Waals surface area contributed by atoms with Crippen molar-refractivity contribution in [3.05, 3.63) is 47.0 Å². The summed E-state index contributed by atoms with van der Waals surface area (Å²) in [7, 11) is 4.84. The van der Waals surface area contributed by atoms with E-state index in [1.165, 1.54) is 0 Å². The van der Waals surface area contributed by atoms with Crippen molar-refractivity contribution in [3.8, 4) is 17.2 Å². The van der Waals surface area contributed by atoms with Crippen molar-refractivity contribution >= 4 is 25.5 Å². The Kier molecular flexibility index (Phi) is 7.83. The topological polar surface area (TPSA) is 77.5 Å². The number of amides is 1. The van der Waals surface area contributed by atoms with Gasteiger partial charge in [-0.2, -0.15) is 0 Å². The minimum absolute atomic E-state index is 0.273. The van der Waals surface area contributed by atoms with E-state index in [-0.39, 0.29) is 26.0 Å². The first kappa shape index (κ1) is 25.2. The molecule has 2 aromatic rings. The van der Waals surface area contributed by atoms with Gasteiger partial charge in [0, 0.05) is 0 Å². The molecular formula is C25H33NO6Se. The first-order valence-electron chi connectivity index (χ1n) is 10.9. The number of aliphatic hydroxyl groups excluding tert-OH is 1. The Bertz CT molecular complexity index is 1000. The maximum atomic E-state index is 13.3. The third kappa shape index (κ3) is 5.57. The van der Waals surface area contributed by atoms with Gasteiger partial charge in [0.2, 0.25) is 0 Å². The number of hydrogen-bond donors (Lipinski definition) is 1. The van der Waals surface area contributed by atoms with E-state index < -0.39 is 11.7 Å². The van der Waals surface area contributed by atoms with Gasteiger partial charge in [0.1, 0.15) is 0 Å². The fourth-order valence-corrected chi connectivity index (χ4v) is 7.02. The Morgan fingerprint density at radius 3 is 2.30 bits per heavy atom. The van der Waals surface area contributed by atoms with Crippen LogP contribution in [0, 0.1) is 0 Å². The third-order valence-corrected chi connectivity index (χ3v) is 8.30. The number of fused-ring (bicyclic) bond motifs is 1. The van der Waals surface area contributed by atoms with Gasteiger partial charge in [-0.15, -0.1) is 0 Å². The van der Waals surface area contributed by atoms with Crippen LogP contribution in [0.4, 0.5) is 4.79 Å². The quantitative estimate of drug-likeness (QED) is 0.585. The zero-order valence-electron chi connectivity index (χ0n) is 20.3. The van der Waals surface area contributed by atoms with E-state index in [1.54, 1.807) is 33.2 Å². The van der Waals surface area contributed by atoms with Crippen molar-refractivity contribution in [2.75, 3.05) is 27.9 Å². The average molecular weight is 523 g/mol. The molecule has 1 N–H and O–H groups in total. The molecule has 0 aromatic heterocycles. The van der Waals surface area contributed by atoms with Crippen molar-refractivity contribution in [2.24, 2.45) is 0 Å². The van der Waals surface area contributed by atoms with E-state index in [1.807, 2.05) is 51.1 Å². The second kappa shape index (κ2) is 10.2. The Morgan fingerprint density at radius 1 is 1.09 bits per heavy atom. The molecule has 180 valence electrons. The van der Waals surface area contributed by atoms with Gasteiger partial charge in [-0.1, -0.05) is 0 Å². The number of rotatable bonds is 6. The molecule has 1 heterocycles. The second-order valence-electron chi connectivity index (χ2n) is 8.85. The molecule has 1 aliphatic rings. The second-order valence-corrected chi connectivity index (χ2v) is 11.1. The summed E-state index contributed by atoms with van der Waals surface area (Å²) < 4.78 is 23.4. The number of aliphatic hydroxyl groups is 1. The van der Waals surface area contributed by atoms with Gasteiger partial charge in [0.15, 0.2) is 0 Å². The monoisotopic (exact) mass is 523 g/mol. The third-order valence-electron chi connectivity index (χ3n) is 5.35. The number of benzene rings is 2. The van der Waals surface area contributed by atoms with Crippen LogP contribution in [0.15, 0.2) is 30.3 Å². The van der Waals surface area contributed by atoms with Gasteiger partial charge in [0.05, 0.1) is 0 Å². The van der Waals surface area contributed by atoms with Crippen LogP contribution in [0.5, 0.6) is 17.2 Å². The first-order valence-corrected chi connectivity index (χ1v) is 12.7. The van der Waals surface area contributed by atoms with Crippen LogP contribution in [0.1, 0.15) is 55.4 Å². The molecular weight excluding hydrogens is 489 g/mol. The standard InChI is InChI=1S/C25H33NO6Se/c1-15(27)17-9-8-10-19(29-5)22(17)33-23-18-14-21(31-7)20(30-6)13-16(18)11-12-26(23)24(28)32-25(2,3)4/h8-10,13-15,23,27H,11-12H2,1-7H3/t15-,23-/m0/s1. The number of carbonyl (C=O) groups is 1. The Balaban J connectivity index is 2.14. The molecule has 1 aliphatic heterocycles. The van der Waals surface area contributed by atoms with Crippen molar-refractivity contribution < 1.29 is 28.8 Å². The summed E-state index contributed by atoms with van der Waals surface area (Å²) in [6.45, 7) is 7.85. The van der Waals surface area contributed by atoms with Gasteiger partial charge >= 0.3 is 202 Å². The van der Waals surface area contributed by atoms with Gasteiger partial charge in [0.25, 0.3) is 0 Å². The van der Waals surface area contributed by atoms with Crippen LogP contribution < -0.4 is 18.7 Å². The molecule has 8 heteroatoms. The summed E-state index contributed by atoms with van der Waals surface area (Å²) in [5.74, 6) is 1.97. The first-order chi connectivity index (χ1) is 15.6. The van der Waals surface area contributed by atoms with Gasteiger partial charge in [-0.05, 0) is 0 Å². The molecule has 0 saturated heterocycles.